The third-order valence-electron chi connectivity index (χ3n) is 2.69. The maximum atomic E-state index is 13.4. The Hall–Kier alpha value is -1.43. The second-order valence-corrected chi connectivity index (χ2v) is 3.56. The second-order valence-electron chi connectivity index (χ2n) is 3.56. The number of nitrogens with zero attached hydrogens (tertiary/aromatic N) is 1. The number of nitriles is 1. The Morgan fingerprint density at radius 2 is 2.21 bits per heavy atom. The molecule has 1 aliphatic rings. The highest BCUT2D eigenvalue weighted by Crippen LogP contribution is 2.37. The molecule has 3 heteroatoms. The summed E-state index contributed by atoms with van der Waals surface area (Å²) in [5.74, 6) is -1.08. The van der Waals surface area contributed by atoms with E-state index in [1.54, 1.807) is 0 Å². The van der Waals surface area contributed by atoms with Gasteiger partial charge in [0.1, 0.15) is 11.6 Å². The fourth-order valence-corrected chi connectivity index (χ4v) is 2.09. The first kappa shape index (κ1) is 9.14. The molecule has 0 amide bonds. The summed E-state index contributed by atoms with van der Waals surface area (Å²) in [6.07, 6.45) is 1.75. The van der Waals surface area contributed by atoms with Crippen LogP contribution in [0.15, 0.2) is 12.1 Å². The smallest absolute Gasteiger partial charge is 0.129 e. The molecule has 0 N–H and O–H groups in total. The van der Waals surface area contributed by atoms with E-state index in [4.69, 9.17) is 5.26 Å². The van der Waals surface area contributed by atoms with Gasteiger partial charge in [-0.15, -0.1) is 0 Å². The molecule has 0 spiro atoms. The lowest BCUT2D eigenvalue weighted by molar-refractivity contribution is 0.560. The molecule has 1 unspecified atom stereocenters. The Balaban J connectivity index is 2.45. The van der Waals surface area contributed by atoms with Crippen LogP contribution in [0.4, 0.5) is 8.78 Å². The molecule has 1 aliphatic carbocycles. The van der Waals surface area contributed by atoms with Crippen LogP contribution in [0.3, 0.4) is 0 Å². The molecule has 14 heavy (non-hydrogen) atoms. The molecule has 1 aromatic rings. The Morgan fingerprint density at radius 3 is 2.93 bits per heavy atom. The van der Waals surface area contributed by atoms with Crippen molar-refractivity contribution in [2.45, 2.75) is 25.2 Å². The van der Waals surface area contributed by atoms with Crippen LogP contribution >= 0.6 is 0 Å². The van der Waals surface area contributed by atoms with Crippen LogP contribution in [0.5, 0.6) is 0 Å². The summed E-state index contributed by atoms with van der Waals surface area (Å²) >= 11 is 0. The lowest BCUT2D eigenvalue weighted by Gasteiger charge is -2.07. The zero-order chi connectivity index (χ0) is 10.1. The van der Waals surface area contributed by atoms with Gasteiger partial charge in [-0.1, -0.05) is 0 Å². The zero-order valence-electron chi connectivity index (χ0n) is 7.56. The molecule has 1 atom stereocenters. The van der Waals surface area contributed by atoms with E-state index in [1.165, 1.54) is 6.07 Å². The topological polar surface area (TPSA) is 23.8 Å². The molecule has 1 aromatic carbocycles. The average Bonchev–Trinajstić information content (AvgIpc) is 2.49. The van der Waals surface area contributed by atoms with Crippen molar-refractivity contribution in [2.75, 3.05) is 0 Å². The monoisotopic (exact) mass is 193 g/mol. The van der Waals surface area contributed by atoms with Gasteiger partial charge in [0.2, 0.25) is 0 Å². The van der Waals surface area contributed by atoms with Crippen LogP contribution < -0.4 is 0 Å². The summed E-state index contributed by atoms with van der Waals surface area (Å²) in [6, 6.07) is 4.30. The fourth-order valence-electron chi connectivity index (χ4n) is 2.09. The maximum absolute atomic E-state index is 13.4. The average molecular weight is 193 g/mol. The molecule has 0 fully saturated rings. The quantitative estimate of drug-likeness (QED) is 0.672. The number of rotatable bonds is 1. The summed E-state index contributed by atoms with van der Waals surface area (Å²) in [4.78, 5) is 0. The van der Waals surface area contributed by atoms with Crippen LogP contribution in [-0.4, -0.2) is 0 Å². The Morgan fingerprint density at radius 1 is 1.43 bits per heavy atom. The van der Waals surface area contributed by atoms with Crippen LogP contribution in [-0.2, 0) is 6.42 Å². The molecule has 0 saturated carbocycles. The summed E-state index contributed by atoms with van der Waals surface area (Å²) < 4.78 is 26.2. The number of hydrogen-bond donors (Lipinski definition) is 0. The van der Waals surface area contributed by atoms with Crippen molar-refractivity contribution in [1.82, 2.24) is 0 Å². The number of aryl methyl sites for hydroxylation is 1. The first-order chi connectivity index (χ1) is 6.72. The minimum absolute atomic E-state index is 0.0457. The van der Waals surface area contributed by atoms with Gasteiger partial charge in [0.25, 0.3) is 0 Å². The normalized spacial score (nSPS) is 19.1. The highest BCUT2D eigenvalue weighted by Gasteiger charge is 2.26. The van der Waals surface area contributed by atoms with E-state index in [0.717, 1.165) is 18.1 Å². The lowest BCUT2D eigenvalue weighted by Crippen LogP contribution is -1.97. The molecule has 0 radical (unpaired) electrons. The Kier molecular flexibility index (Phi) is 2.20. The second kappa shape index (κ2) is 3.38. The predicted octanol–water partition coefficient (Wildman–Crippen LogP) is 2.91. The first-order valence-corrected chi connectivity index (χ1v) is 4.57. The molecular formula is C11H9F2N. The molecule has 0 bridgehead atoms. The molecule has 0 aliphatic heterocycles. The number of halogens is 2. The summed E-state index contributed by atoms with van der Waals surface area (Å²) in [5.41, 5.74) is 1.27. The number of hydrogen-bond acceptors (Lipinski definition) is 1. The highest BCUT2D eigenvalue weighted by atomic mass is 19.1. The van der Waals surface area contributed by atoms with Gasteiger partial charge in [0.15, 0.2) is 0 Å². The van der Waals surface area contributed by atoms with Gasteiger partial charge in [-0.05, 0) is 30.0 Å². The van der Waals surface area contributed by atoms with E-state index >= 15 is 0 Å². The molecule has 0 aromatic heterocycles. The summed E-state index contributed by atoms with van der Waals surface area (Å²) in [6.45, 7) is 0. The van der Waals surface area contributed by atoms with Gasteiger partial charge in [-0.3, -0.25) is 0 Å². The van der Waals surface area contributed by atoms with Gasteiger partial charge in [-0.25, -0.2) is 8.78 Å². The minimum Gasteiger partial charge on any atom is -0.207 e. The van der Waals surface area contributed by atoms with E-state index in [9.17, 15) is 8.78 Å². The summed E-state index contributed by atoms with van der Waals surface area (Å²) in [5, 5.41) is 8.55. The van der Waals surface area contributed by atoms with Gasteiger partial charge in [0.05, 0.1) is 6.07 Å². The van der Waals surface area contributed by atoms with Gasteiger partial charge < -0.3 is 0 Å². The molecule has 2 rings (SSSR count). The van der Waals surface area contributed by atoms with Gasteiger partial charge in [-0.2, -0.15) is 5.26 Å². The van der Waals surface area contributed by atoms with E-state index in [1.807, 2.05) is 6.07 Å². The fraction of sp³-hybridized carbons (Fsp3) is 0.364. The molecule has 0 heterocycles. The van der Waals surface area contributed by atoms with Crippen LogP contribution in [0, 0.1) is 23.0 Å². The maximum Gasteiger partial charge on any atom is 0.129 e. The van der Waals surface area contributed by atoms with Crippen LogP contribution in [0.25, 0.3) is 0 Å². The van der Waals surface area contributed by atoms with E-state index < -0.39 is 11.6 Å². The number of benzene rings is 1. The van der Waals surface area contributed by atoms with Crippen molar-refractivity contribution in [3.8, 4) is 6.07 Å². The van der Waals surface area contributed by atoms with E-state index in [2.05, 4.69) is 0 Å². The van der Waals surface area contributed by atoms with Crippen molar-refractivity contribution in [1.29, 1.82) is 5.26 Å². The Bertz CT molecular complexity index is 406. The Labute approximate surface area is 81.0 Å². The molecule has 1 nitrogen and oxygen atoms in total. The molecular weight excluding hydrogens is 184 g/mol. The minimum atomic E-state index is -0.529. The first-order valence-electron chi connectivity index (χ1n) is 4.57. The highest BCUT2D eigenvalue weighted by molar-refractivity contribution is 5.37. The number of fused-ring (bicyclic) bond motifs is 1. The summed E-state index contributed by atoms with van der Waals surface area (Å²) in [7, 11) is 0. The standard InChI is InChI=1S/C11H9F2N/c12-9-5-8-2-1-7(3-4-14)11(8)10(13)6-9/h5-7H,1-3H2. The van der Waals surface area contributed by atoms with Crippen molar-refractivity contribution >= 4 is 0 Å². The van der Waals surface area contributed by atoms with E-state index in [-0.39, 0.29) is 5.92 Å². The van der Waals surface area contributed by atoms with Crippen molar-refractivity contribution in [2.24, 2.45) is 0 Å². The van der Waals surface area contributed by atoms with E-state index in [0.29, 0.717) is 18.4 Å². The molecule has 0 saturated heterocycles. The SMILES string of the molecule is N#CCC1CCc2cc(F)cc(F)c21. The molecule has 72 valence electrons. The van der Waals surface area contributed by atoms with Crippen LogP contribution in [0.1, 0.15) is 29.9 Å². The van der Waals surface area contributed by atoms with Crippen molar-refractivity contribution in [3.05, 3.63) is 34.9 Å². The predicted molar refractivity (Wildman–Crippen MR) is 47.7 cm³/mol. The lowest BCUT2D eigenvalue weighted by atomic mass is 9.98. The van der Waals surface area contributed by atoms with Gasteiger partial charge in [0, 0.05) is 18.4 Å². The van der Waals surface area contributed by atoms with Crippen LogP contribution in [0.2, 0.25) is 0 Å². The third kappa shape index (κ3) is 1.37. The van der Waals surface area contributed by atoms with Gasteiger partial charge >= 0.3 is 0 Å². The van der Waals surface area contributed by atoms with Crippen molar-refractivity contribution in [3.63, 3.8) is 0 Å². The largest absolute Gasteiger partial charge is 0.207 e. The third-order valence-corrected chi connectivity index (χ3v) is 2.69. The zero-order valence-corrected chi connectivity index (χ0v) is 7.56. The van der Waals surface area contributed by atoms with Crippen molar-refractivity contribution < 1.29 is 8.78 Å².